The molecule has 4 nitrogen and oxygen atoms in total. The van der Waals surface area contributed by atoms with E-state index in [1.54, 1.807) is 27.5 Å². The number of rotatable bonds is 4. The van der Waals surface area contributed by atoms with Crippen LogP contribution in [0.3, 0.4) is 0 Å². The first-order valence-electron chi connectivity index (χ1n) is 6.92. The van der Waals surface area contributed by atoms with Crippen LogP contribution in [0.5, 0.6) is 17.2 Å². The van der Waals surface area contributed by atoms with Crippen molar-refractivity contribution in [2.45, 2.75) is 0 Å². The lowest BCUT2D eigenvalue weighted by atomic mass is 10.0. The second-order valence-corrected chi connectivity index (χ2v) is 4.82. The van der Waals surface area contributed by atoms with Crippen LogP contribution >= 0.6 is 0 Å². The monoisotopic (exact) mass is 295 g/mol. The fourth-order valence-corrected chi connectivity index (χ4v) is 2.50. The van der Waals surface area contributed by atoms with Crippen LogP contribution in [0.15, 0.2) is 48.7 Å². The molecular weight excluding hydrogens is 278 g/mol. The van der Waals surface area contributed by atoms with Crippen LogP contribution in [0.4, 0.5) is 0 Å². The summed E-state index contributed by atoms with van der Waals surface area (Å²) in [5.74, 6) is 1.88. The van der Waals surface area contributed by atoms with E-state index in [1.165, 1.54) is 0 Å². The number of methoxy groups -OCH3 is 3. The van der Waals surface area contributed by atoms with Gasteiger partial charge in [0.1, 0.15) is 0 Å². The lowest BCUT2D eigenvalue weighted by Gasteiger charge is -2.14. The quantitative estimate of drug-likeness (QED) is 0.731. The van der Waals surface area contributed by atoms with Gasteiger partial charge < -0.3 is 14.2 Å². The van der Waals surface area contributed by atoms with Gasteiger partial charge in [-0.25, -0.2) is 0 Å². The van der Waals surface area contributed by atoms with E-state index in [1.807, 2.05) is 36.4 Å². The average molecular weight is 295 g/mol. The van der Waals surface area contributed by atoms with Gasteiger partial charge >= 0.3 is 0 Å². The highest BCUT2D eigenvalue weighted by Gasteiger charge is 2.14. The molecule has 4 heteroatoms. The third-order valence-electron chi connectivity index (χ3n) is 3.60. The van der Waals surface area contributed by atoms with Crippen LogP contribution in [0, 0.1) is 0 Å². The maximum absolute atomic E-state index is 5.41. The summed E-state index contributed by atoms with van der Waals surface area (Å²) in [5.41, 5.74) is 3.04. The minimum atomic E-state index is 0.594. The number of hydrogen-bond acceptors (Lipinski definition) is 4. The normalized spacial score (nSPS) is 10.5. The summed E-state index contributed by atoms with van der Waals surface area (Å²) in [6, 6.07) is 14.0. The number of fused-ring (bicyclic) bond motifs is 1. The lowest BCUT2D eigenvalue weighted by molar-refractivity contribution is 0.324. The smallest absolute Gasteiger partial charge is 0.203 e. The fraction of sp³-hybridized carbons (Fsp3) is 0.167. The van der Waals surface area contributed by atoms with Crippen molar-refractivity contribution in [3.05, 3.63) is 48.7 Å². The van der Waals surface area contributed by atoms with Gasteiger partial charge in [-0.1, -0.05) is 12.1 Å². The first-order chi connectivity index (χ1) is 10.8. The van der Waals surface area contributed by atoms with Crippen molar-refractivity contribution in [2.75, 3.05) is 21.3 Å². The molecule has 0 bridgehead atoms. The van der Waals surface area contributed by atoms with Gasteiger partial charge in [-0.3, -0.25) is 4.98 Å². The Kier molecular flexibility index (Phi) is 3.83. The molecule has 0 unspecified atom stereocenters. The van der Waals surface area contributed by atoms with Crippen LogP contribution in [0.2, 0.25) is 0 Å². The molecule has 0 spiro atoms. The van der Waals surface area contributed by atoms with Gasteiger partial charge in [0.15, 0.2) is 11.5 Å². The van der Waals surface area contributed by atoms with E-state index in [9.17, 15) is 0 Å². The molecule has 0 radical (unpaired) electrons. The molecule has 1 heterocycles. The summed E-state index contributed by atoms with van der Waals surface area (Å²) in [4.78, 5) is 4.34. The van der Waals surface area contributed by atoms with Gasteiger partial charge in [-0.05, 0) is 41.5 Å². The molecule has 3 aromatic rings. The molecule has 0 fully saturated rings. The predicted octanol–water partition coefficient (Wildman–Crippen LogP) is 3.93. The standard InChI is InChI=1S/C18H17NO3/c1-20-16-10-14(11-17(21-2)18(16)22-3)12-6-7-15-13(9-12)5-4-8-19-15/h4-11H,1-3H3. The maximum Gasteiger partial charge on any atom is 0.203 e. The van der Waals surface area contributed by atoms with E-state index in [2.05, 4.69) is 11.1 Å². The Morgan fingerprint density at radius 2 is 1.50 bits per heavy atom. The van der Waals surface area contributed by atoms with Gasteiger partial charge in [0, 0.05) is 11.6 Å². The molecule has 0 N–H and O–H groups in total. The first kappa shape index (κ1) is 14.2. The largest absolute Gasteiger partial charge is 0.493 e. The third-order valence-corrected chi connectivity index (χ3v) is 3.60. The summed E-state index contributed by atoms with van der Waals surface area (Å²) in [5, 5.41) is 1.09. The number of aromatic nitrogens is 1. The zero-order chi connectivity index (χ0) is 15.5. The Labute approximate surface area is 129 Å². The second-order valence-electron chi connectivity index (χ2n) is 4.82. The van der Waals surface area contributed by atoms with Gasteiger partial charge in [0.25, 0.3) is 0 Å². The molecule has 0 amide bonds. The lowest BCUT2D eigenvalue weighted by Crippen LogP contribution is -1.95. The zero-order valence-electron chi connectivity index (χ0n) is 12.8. The number of pyridine rings is 1. The topological polar surface area (TPSA) is 40.6 Å². The van der Waals surface area contributed by atoms with Crippen LogP contribution < -0.4 is 14.2 Å². The Morgan fingerprint density at radius 3 is 2.14 bits per heavy atom. The Balaban J connectivity index is 2.17. The van der Waals surface area contributed by atoms with E-state index < -0.39 is 0 Å². The van der Waals surface area contributed by atoms with Crippen LogP contribution in [0.25, 0.3) is 22.0 Å². The average Bonchev–Trinajstić information content (AvgIpc) is 2.59. The molecule has 112 valence electrons. The maximum atomic E-state index is 5.41. The SMILES string of the molecule is COc1cc(-c2ccc3ncccc3c2)cc(OC)c1OC. The minimum absolute atomic E-state index is 0.594. The summed E-state index contributed by atoms with van der Waals surface area (Å²) in [7, 11) is 4.83. The molecule has 2 aromatic carbocycles. The highest BCUT2D eigenvalue weighted by Crippen LogP contribution is 2.41. The first-order valence-corrected chi connectivity index (χ1v) is 6.92. The molecule has 22 heavy (non-hydrogen) atoms. The highest BCUT2D eigenvalue weighted by atomic mass is 16.5. The van der Waals surface area contributed by atoms with Crippen molar-refractivity contribution in [2.24, 2.45) is 0 Å². The number of nitrogens with zero attached hydrogens (tertiary/aromatic N) is 1. The van der Waals surface area contributed by atoms with Crippen molar-refractivity contribution >= 4 is 10.9 Å². The molecule has 0 saturated carbocycles. The van der Waals surface area contributed by atoms with Crippen molar-refractivity contribution in [1.82, 2.24) is 4.98 Å². The minimum Gasteiger partial charge on any atom is -0.493 e. The van der Waals surface area contributed by atoms with Crippen molar-refractivity contribution in [1.29, 1.82) is 0 Å². The Morgan fingerprint density at radius 1 is 0.773 bits per heavy atom. The van der Waals surface area contributed by atoms with Crippen molar-refractivity contribution < 1.29 is 14.2 Å². The van der Waals surface area contributed by atoms with Crippen LogP contribution in [-0.4, -0.2) is 26.3 Å². The van der Waals surface area contributed by atoms with Gasteiger partial charge in [-0.2, -0.15) is 0 Å². The summed E-state index contributed by atoms with van der Waals surface area (Å²) < 4.78 is 16.2. The van der Waals surface area contributed by atoms with Crippen molar-refractivity contribution in [3.8, 4) is 28.4 Å². The van der Waals surface area contributed by atoms with Gasteiger partial charge in [-0.15, -0.1) is 0 Å². The van der Waals surface area contributed by atoms with Gasteiger partial charge in [0.05, 0.1) is 26.8 Å². The molecule has 0 aliphatic heterocycles. The molecular formula is C18H17NO3. The summed E-state index contributed by atoms with van der Waals surface area (Å²) in [6.07, 6.45) is 1.79. The number of benzene rings is 2. The van der Waals surface area contributed by atoms with Crippen LogP contribution in [0.1, 0.15) is 0 Å². The molecule has 0 aliphatic carbocycles. The summed E-state index contributed by atoms with van der Waals surface area (Å²) in [6.45, 7) is 0. The molecule has 1 aromatic heterocycles. The highest BCUT2D eigenvalue weighted by molar-refractivity contribution is 5.85. The number of ether oxygens (including phenoxy) is 3. The predicted molar refractivity (Wildman–Crippen MR) is 86.8 cm³/mol. The molecule has 0 saturated heterocycles. The molecule has 3 rings (SSSR count). The fourth-order valence-electron chi connectivity index (χ4n) is 2.50. The molecule has 0 aliphatic rings. The van der Waals surface area contributed by atoms with Gasteiger partial charge in [0.2, 0.25) is 5.75 Å². The zero-order valence-corrected chi connectivity index (χ0v) is 12.8. The second kappa shape index (κ2) is 5.93. The van der Waals surface area contributed by atoms with E-state index >= 15 is 0 Å². The third kappa shape index (κ3) is 2.44. The molecule has 0 atom stereocenters. The van der Waals surface area contributed by atoms with Crippen LogP contribution in [-0.2, 0) is 0 Å². The summed E-state index contributed by atoms with van der Waals surface area (Å²) >= 11 is 0. The van der Waals surface area contributed by atoms with E-state index in [4.69, 9.17) is 14.2 Å². The Hall–Kier alpha value is -2.75. The number of hydrogen-bond donors (Lipinski definition) is 0. The van der Waals surface area contributed by atoms with Crippen molar-refractivity contribution in [3.63, 3.8) is 0 Å². The Bertz CT molecular complexity index is 789. The van der Waals surface area contributed by atoms with E-state index in [0.29, 0.717) is 17.2 Å². The van der Waals surface area contributed by atoms with E-state index in [0.717, 1.165) is 22.0 Å². The van der Waals surface area contributed by atoms with E-state index in [-0.39, 0.29) is 0 Å².